The Balaban J connectivity index is 2.50. The fourth-order valence-corrected chi connectivity index (χ4v) is 4.49. The first-order valence-corrected chi connectivity index (χ1v) is 10.1. The van der Waals surface area contributed by atoms with Gasteiger partial charge in [-0.1, -0.05) is 15.9 Å². The third-order valence-corrected chi connectivity index (χ3v) is 6.29. The number of nitro groups is 1. The van der Waals surface area contributed by atoms with Crippen molar-refractivity contribution in [3.8, 4) is 0 Å². The molecule has 1 aliphatic rings. The summed E-state index contributed by atoms with van der Waals surface area (Å²) >= 11 is 3.29. The van der Waals surface area contributed by atoms with E-state index in [0.717, 1.165) is 6.07 Å². The number of rotatable bonds is 6. The highest BCUT2D eigenvalue weighted by molar-refractivity contribution is 9.09. The van der Waals surface area contributed by atoms with E-state index in [2.05, 4.69) is 26.1 Å². The number of sulfonamides is 1. The normalized spacial score (nSPS) is 17.0. The maximum atomic E-state index is 13.0. The Bertz CT molecular complexity index is 718. The molecule has 10 heteroatoms. The van der Waals surface area contributed by atoms with Crippen LogP contribution in [0.5, 0.6) is 0 Å². The number of likely N-dealkylation sites (N-methyl/N-ethyl adjacent to an activating group) is 1. The van der Waals surface area contributed by atoms with Crippen LogP contribution in [0.1, 0.15) is 5.56 Å². The van der Waals surface area contributed by atoms with E-state index < -0.39 is 14.9 Å². The highest BCUT2D eigenvalue weighted by Crippen LogP contribution is 2.32. The molecule has 8 nitrogen and oxygen atoms in total. The Kier molecular flexibility index (Phi) is 6.18. The van der Waals surface area contributed by atoms with Gasteiger partial charge >= 0.3 is 0 Å². The van der Waals surface area contributed by atoms with Crippen molar-refractivity contribution >= 4 is 37.3 Å². The van der Waals surface area contributed by atoms with E-state index >= 15 is 0 Å². The first-order chi connectivity index (χ1) is 11.3. The van der Waals surface area contributed by atoms with E-state index in [1.165, 1.54) is 10.4 Å². The molecular weight excluding hydrogens is 400 g/mol. The Hall–Kier alpha value is -1.23. The molecule has 1 heterocycles. The van der Waals surface area contributed by atoms with Crippen molar-refractivity contribution in [2.45, 2.75) is 11.8 Å². The third kappa shape index (κ3) is 4.05. The zero-order chi connectivity index (χ0) is 17.9. The number of nitrogens with zero attached hydrogens (tertiary/aromatic N) is 3. The van der Waals surface area contributed by atoms with Gasteiger partial charge in [-0.25, -0.2) is 8.42 Å². The lowest BCUT2D eigenvalue weighted by Gasteiger charge is -2.32. The minimum absolute atomic E-state index is 0.0281. The first-order valence-electron chi connectivity index (χ1n) is 7.55. The Morgan fingerprint density at radius 1 is 1.29 bits per heavy atom. The molecule has 0 amide bonds. The molecule has 1 saturated heterocycles. The van der Waals surface area contributed by atoms with Gasteiger partial charge in [-0.2, -0.15) is 4.31 Å². The lowest BCUT2D eigenvalue weighted by Crippen LogP contribution is -2.47. The van der Waals surface area contributed by atoms with Gasteiger partial charge in [0.05, 0.1) is 10.6 Å². The average Bonchev–Trinajstić information content (AvgIpc) is 2.53. The summed E-state index contributed by atoms with van der Waals surface area (Å²) in [5.74, 6) is 0. The number of benzene rings is 1. The van der Waals surface area contributed by atoms with Crippen LogP contribution in [0.3, 0.4) is 0 Å². The van der Waals surface area contributed by atoms with E-state index in [9.17, 15) is 18.5 Å². The number of aryl methyl sites for hydroxylation is 1. The van der Waals surface area contributed by atoms with Crippen LogP contribution in [0.25, 0.3) is 0 Å². The van der Waals surface area contributed by atoms with Crippen molar-refractivity contribution in [2.24, 2.45) is 0 Å². The van der Waals surface area contributed by atoms with Gasteiger partial charge in [0.15, 0.2) is 0 Å². The van der Waals surface area contributed by atoms with Crippen LogP contribution in [-0.4, -0.2) is 67.6 Å². The van der Waals surface area contributed by atoms with Gasteiger partial charge in [-0.05, 0) is 19.5 Å². The van der Waals surface area contributed by atoms with Crippen molar-refractivity contribution < 1.29 is 13.3 Å². The largest absolute Gasteiger partial charge is 0.383 e. The predicted octanol–water partition coefficient (Wildman–Crippen LogP) is 1.65. The Morgan fingerprint density at radius 2 is 1.92 bits per heavy atom. The van der Waals surface area contributed by atoms with Crippen LogP contribution in [-0.2, 0) is 10.0 Å². The minimum Gasteiger partial charge on any atom is -0.383 e. The lowest BCUT2D eigenvalue weighted by molar-refractivity contribution is -0.385. The van der Waals surface area contributed by atoms with E-state index in [-0.39, 0.29) is 10.6 Å². The molecule has 0 radical (unpaired) electrons. The number of anilines is 1. The SMILES string of the molecule is Cc1cc([N+](=O)[O-])cc(S(=O)(=O)N2CCN(C)CC2)c1NCCBr. The van der Waals surface area contributed by atoms with Crippen LogP contribution >= 0.6 is 15.9 Å². The molecule has 1 aromatic rings. The zero-order valence-corrected chi connectivity index (χ0v) is 16.1. The number of non-ortho nitro benzene ring substituents is 1. The van der Waals surface area contributed by atoms with E-state index in [0.29, 0.717) is 49.3 Å². The summed E-state index contributed by atoms with van der Waals surface area (Å²) in [6.07, 6.45) is 0. The monoisotopic (exact) mass is 420 g/mol. The van der Waals surface area contributed by atoms with Gasteiger partial charge in [0.25, 0.3) is 5.69 Å². The van der Waals surface area contributed by atoms with Crippen molar-refractivity contribution in [3.05, 3.63) is 27.8 Å². The van der Waals surface area contributed by atoms with Crippen molar-refractivity contribution in [3.63, 3.8) is 0 Å². The first kappa shape index (κ1) is 19.1. The van der Waals surface area contributed by atoms with Gasteiger partial charge < -0.3 is 10.2 Å². The molecule has 1 N–H and O–H groups in total. The number of halogens is 1. The van der Waals surface area contributed by atoms with Crippen molar-refractivity contribution in [2.75, 3.05) is 50.4 Å². The molecule has 0 bridgehead atoms. The Labute approximate surface area is 150 Å². The smallest absolute Gasteiger partial charge is 0.271 e. The standard InChI is InChI=1S/C14H21BrN4O4S/c1-11-9-12(19(20)21)10-13(14(11)16-4-3-15)24(22,23)18-7-5-17(2)6-8-18/h9-10,16H,3-8H2,1-2H3. The van der Waals surface area contributed by atoms with Crippen LogP contribution < -0.4 is 5.32 Å². The second kappa shape index (κ2) is 7.77. The second-order valence-corrected chi connectivity index (χ2v) is 8.42. The molecule has 1 aromatic carbocycles. The molecule has 1 fully saturated rings. The molecule has 24 heavy (non-hydrogen) atoms. The van der Waals surface area contributed by atoms with E-state index in [1.807, 2.05) is 7.05 Å². The lowest BCUT2D eigenvalue weighted by atomic mass is 10.2. The highest BCUT2D eigenvalue weighted by atomic mass is 79.9. The summed E-state index contributed by atoms with van der Waals surface area (Å²) < 4.78 is 27.5. The molecule has 134 valence electrons. The van der Waals surface area contributed by atoms with Crippen LogP contribution in [0.2, 0.25) is 0 Å². The molecule has 0 spiro atoms. The summed E-state index contributed by atoms with van der Waals surface area (Å²) in [6.45, 7) is 4.21. The predicted molar refractivity (Wildman–Crippen MR) is 96.4 cm³/mol. The van der Waals surface area contributed by atoms with Gasteiger partial charge in [-0.3, -0.25) is 10.1 Å². The summed E-state index contributed by atoms with van der Waals surface area (Å²) in [5.41, 5.74) is 0.751. The zero-order valence-electron chi connectivity index (χ0n) is 13.7. The topological polar surface area (TPSA) is 95.8 Å². The molecule has 0 atom stereocenters. The summed E-state index contributed by atoms with van der Waals surface area (Å²) in [6, 6.07) is 2.54. The number of nitrogens with one attached hydrogen (secondary N) is 1. The second-order valence-electron chi connectivity index (χ2n) is 5.72. The minimum atomic E-state index is -3.80. The van der Waals surface area contributed by atoms with E-state index in [1.54, 1.807) is 6.92 Å². The highest BCUT2D eigenvalue weighted by Gasteiger charge is 2.31. The fourth-order valence-electron chi connectivity index (χ4n) is 2.61. The summed E-state index contributed by atoms with van der Waals surface area (Å²) in [4.78, 5) is 12.6. The number of nitro benzene ring substituents is 1. The molecule has 1 aliphatic heterocycles. The number of hydrogen-bond acceptors (Lipinski definition) is 6. The molecule has 0 aliphatic carbocycles. The third-order valence-electron chi connectivity index (χ3n) is 3.97. The maximum Gasteiger partial charge on any atom is 0.271 e. The Morgan fingerprint density at radius 3 is 2.46 bits per heavy atom. The van der Waals surface area contributed by atoms with Crippen LogP contribution in [0.15, 0.2) is 17.0 Å². The average molecular weight is 421 g/mol. The van der Waals surface area contributed by atoms with Crippen molar-refractivity contribution in [1.82, 2.24) is 9.21 Å². The van der Waals surface area contributed by atoms with Gasteiger partial charge in [-0.15, -0.1) is 0 Å². The van der Waals surface area contributed by atoms with Gasteiger partial charge in [0.1, 0.15) is 4.90 Å². The molecule has 0 unspecified atom stereocenters. The van der Waals surface area contributed by atoms with Crippen LogP contribution in [0.4, 0.5) is 11.4 Å². The molecule has 2 rings (SSSR count). The fraction of sp³-hybridized carbons (Fsp3) is 0.571. The number of hydrogen-bond donors (Lipinski definition) is 1. The summed E-state index contributed by atoms with van der Waals surface area (Å²) in [5, 5.41) is 14.8. The molecule has 0 aromatic heterocycles. The molecular formula is C14H21BrN4O4S. The van der Waals surface area contributed by atoms with Gasteiger partial charge in [0, 0.05) is 50.2 Å². The number of alkyl halides is 1. The number of piperazine rings is 1. The van der Waals surface area contributed by atoms with Gasteiger partial charge in [0.2, 0.25) is 10.0 Å². The quantitative estimate of drug-likeness (QED) is 0.426. The van der Waals surface area contributed by atoms with Crippen molar-refractivity contribution in [1.29, 1.82) is 0 Å². The summed E-state index contributed by atoms with van der Waals surface area (Å²) in [7, 11) is -1.87. The van der Waals surface area contributed by atoms with E-state index in [4.69, 9.17) is 0 Å². The maximum absolute atomic E-state index is 13.0. The molecule has 0 saturated carbocycles. The van der Waals surface area contributed by atoms with Crippen LogP contribution in [0, 0.1) is 17.0 Å².